The number of hydrogen-bond acceptors (Lipinski definition) is 4. The molecule has 0 aliphatic carbocycles. The number of benzene rings is 2. The zero-order chi connectivity index (χ0) is 21.8. The van der Waals surface area contributed by atoms with Crippen molar-refractivity contribution in [1.29, 1.82) is 0 Å². The van der Waals surface area contributed by atoms with Gasteiger partial charge in [0.2, 0.25) is 14.8 Å². The van der Waals surface area contributed by atoms with Crippen molar-refractivity contribution in [2.75, 3.05) is 21.3 Å². The molecule has 0 radical (unpaired) electrons. The van der Waals surface area contributed by atoms with Crippen LogP contribution in [-0.4, -0.2) is 30.4 Å². The minimum Gasteiger partial charge on any atom is -0.546 e. The monoisotopic (exact) mass is 414 g/mol. The molecule has 158 valence electrons. The molecule has 0 fully saturated rings. The number of methoxy groups -OCH3 is 3. The Morgan fingerprint density at radius 1 is 0.828 bits per heavy atom. The molecule has 0 bridgehead atoms. The van der Waals surface area contributed by atoms with Gasteiger partial charge in [0.15, 0.2) is 11.5 Å². The lowest BCUT2D eigenvalue weighted by atomic mass is 9.82. The normalized spacial score (nSPS) is 11.8. The fraction of sp³-hybridized carbons (Fsp3) is 0.417. The fourth-order valence-electron chi connectivity index (χ4n) is 3.51. The molecule has 0 heterocycles. The molecule has 0 amide bonds. The molecule has 0 unspecified atom stereocenters. The van der Waals surface area contributed by atoms with Crippen molar-refractivity contribution in [3.8, 4) is 23.0 Å². The Labute approximate surface area is 177 Å². The highest BCUT2D eigenvalue weighted by Gasteiger charge is 2.24. The molecule has 0 spiro atoms. The average molecular weight is 415 g/mol. The van der Waals surface area contributed by atoms with E-state index in [0.29, 0.717) is 17.2 Å². The first kappa shape index (κ1) is 22.9. The van der Waals surface area contributed by atoms with Crippen LogP contribution in [0.5, 0.6) is 23.0 Å². The molecule has 0 atom stereocenters. The minimum atomic E-state index is -1.27. The van der Waals surface area contributed by atoms with Crippen molar-refractivity contribution in [3.05, 3.63) is 46.5 Å². The number of hydrogen-bond donors (Lipinski definition) is 0. The van der Waals surface area contributed by atoms with Gasteiger partial charge in [0.25, 0.3) is 0 Å². The first-order valence-electron chi connectivity index (χ1n) is 9.91. The molecule has 2 rings (SSSR count). The largest absolute Gasteiger partial charge is 0.546 e. The smallest absolute Gasteiger partial charge is 0.229 e. The van der Waals surface area contributed by atoms with Crippen LogP contribution in [0.4, 0.5) is 0 Å². The van der Waals surface area contributed by atoms with E-state index in [-0.39, 0.29) is 5.41 Å². The van der Waals surface area contributed by atoms with Crippen LogP contribution in [0.2, 0.25) is 13.1 Å². The van der Waals surface area contributed by atoms with E-state index in [2.05, 4.69) is 65.1 Å². The quantitative estimate of drug-likeness (QED) is 0.421. The Morgan fingerprint density at radius 2 is 1.41 bits per heavy atom. The van der Waals surface area contributed by atoms with Crippen molar-refractivity contribution in [1.82, 2.24) is 0 Å². The van der Waals surface area contributed by atoms with E-state index in [9.17, 15) is 0 Å². The van der Waals surface area contributed by atoms with Crippen molar-refractivity contribution < 1.29 is 18.6 Å². The van der Waals surface area contributed by atoms with Gasteiger partial charge in [0.1, 0.15) is 5.75 Å². The summed E-state index contributed by atoms with van der Waals surface area (Å²) < 4.78 is 22.8. The van der Waals surface area contributed by atoms with Crippen LogP contribution in [0.15, 0.2) is 24.3 Å². The van der Waals surface area contributed by atoms with Gasteiger partial charge in [0, 0.05) is 11.1 Å². The van der Waals surface area contributed by atoms with Crippen LogP contribution in [0.1, 0.15) is 43.0 Å². The Morgan fingerprint density at radius 3 is 1.86 bits per heavy atom. The number of ether oxygens (including phenoxy) is 3. The lowest BCUT2D eigenvalue weighted by molar-refractivity contribution is 0.324. The maximum absolute atomic E-state index is 6.42. The van der Waals surface area contributed by atoms with Gasteiger partial charge in [-0.1, -0.05) is 45.1 Å². The average Bonchev–Trinajstić information content (AvgIpc) is 2.64. The molecule has 2 aromatic carbocycles. The summed E-state index contributed by atoms with van der Waals surface area (Å²) >= 11 is 0. The van der Waals surface area contributed by atoms with Crippen molar-refractivity contribution in [2.45, 2.75) is 46.2 Å². The molecule has 0 aromatic heterocycles. The summed E-state index contributed by atoms with van der Waals surface area (Å²) in [6.45, 7) is 13.2. The summed E-state index contributed by atoms with van der Waals surface area (Å²) in [5.74, 6) is 2.86. The van der Waals surface area contributed by atoms with Crippen molar-refractivity contribution in [3.63, 3.8) is 0 Å². The van der Waals surface area contributed by atoms with Crippen LogP contribution < -0.4 is 18.6 Å². The summed E-state index contributed by atoms with van der Waals surface area (Å²) in [6.07, 6.45) is 4.15. The van der Waals surface area contributed by atoms with Crippen molar-refractivity contribution >= 4 is 21.2 Å². The van der Waals surface area contributed by atoms with E-state index in [0.717, 1.165) is 16.9 Å². The molecule has 0 saturated heterocycles. The second kappa shape index (κ2) is 9.40. The van der Waals surface area contributed by atoms with Gasteiger partial charge in [-0.05, 0) is 48.7 Å². The molecule has 0 N–H and O–H groups in total. The molecule has 5 heteroatoms. The maximum atomic E-state index is 6.42. The lowest BCUT2D eigenvalue weighted by Gasteiger charge is -2.28. The van der Waals surface area contributed by atoms with Gasteiger partial charge in [-0.15, -0.1) is 0 Å². The van der Waals surface area contributed by atoms with E-state index in [1.54, 1.807) is 21.3 Å². The SMILES string of the molecule is COc1cc(/C=C\c2ccc(C)c(C(C)(C)C)c2O[SiH](C)C)cc(OC)c1OC. The van der Waals surface area contributed by atoms with E-state index in [4.69, 9.17) is 18.6 Å². The Kier molecular flexibility index (Phi) is 7.41. The van der Waals surface area contributed by atoms with Crippen molar-refractivity contribution in [2.24, 2.45) is 0 Å². The topological polar surface area (TPSA) is 36.9 Å². The van der Waals surface area contributed by atoms with E-state index >= 15 is 0 Å². The van der Waals surface area contributed by atoms with Crippen LogP contribution >= 0.6 is 0 Å². The Bertz CT molecular complexity index is 854. The molecular weight excluding hydrogens is 380 g/mol. The highest BCUT2D eigenvalue weighted by Crippen LogP contribution is 2.40. The third-order valence-electron chi connectivity index (χ3n) is 4.64. The summed E-state index contributed by atoms with van der Waals surface area (Å²) in [5.41, 5.74) is 4.57. The highest BCUT2D eigenvalue weighted by molar-refractivity contribution is 6.49. The van der Waals surface area contributed by atoms with Crippen LogP contribution in [0, 0.1) is 6.92 Å². The minimum absolute atomic E-state index is 0.000883. The van der Waals surface area contributed by atoms with E-state index in [1.807, 2.05) is 12.1 Å². The predicted octanol–water partition coefficient (Wildman–Crippen LogP) is 5.85. The Balaban J connectivity index is 2.58. The summed E-state index contributed by atoms with van der Waals surface area (Å²) in [6, 6.07) is 8.18. The zero-order valence-electron chi connectivity index (χ0n) is 19.2. The van der Waals surface area contributed by atoms with Gasteiger partial charge in [-0.2, -0.15) is 0 Å². The zero-order valence-corrected chi connectivity index (χ0v) is 20.3. The second-order valence-electron chi connectivity index (χ2n) is 8.38. The van der Waals surface area contributed by atoms with Crippen LogP contribution in [-0.2, 0) is 5.41 Å². The van der Waals surface area contributed by atoms with E-state index < -0.39 is 9.04 Å². The third-order valence-corrected chi connectivity index (χ3v) is 5.35. The molecule has 29 heavy (non-hydrogen) atoms. The molecule has 0 saturated carbocycles. The van der Waals surface area contributed by atoms with E-state index in [1.165, 1.54) is 11.1 Å². The highest BCUT2D eigenvalue weighted by atomic mass is 28.3. The number of rotatable bonds is 7. The van der Waals surface area contributed by atoms with Gasteiger partial charge in [-0.3, -0.25) is 0 Å². The molecule has 0 aliphatic heterocycles. The van der Waals surface area contributed by atoms with Gasteiger partial charge < -0.3 is 18.6 Å². The molecule has 4 nitrogen and oxygen atoms in total. The first-order chi connectivity index (χ1) is 13.6. The van der Waals surface area contributed by atoms with Crippen LogP contribution in [0.3, 0.4) is 0 Å². The van der Waals surface area contributed by atoms with Gasteiger partial charge in [0.05, 0.1) is 21.3 Å². The lowest BCUT2D eigenvalue weighted by Crippen LogP contribution is -2.20. The fourth-order valence-corrected chi connectivity index (χ4v) is 4.23. The first-order valence-corrected chi connectivity index (χ1v) is 12.7. The predicted molar refractivity (Wildman–Crippen MR) is 124 cm³/mol. The standard InChI is InChI=1S/C24H34O4Si/c1-16-10-12-18(22(28-29(8)9)21(16)24(2,3)4)13-11-17-14-19(25-5)23(27-7)20(15-17)26-6/h10-15,29H,1-9H3/b13-11-. The number of aryl methyl sites for hydroxylation is 1. The van der Waals surface area contributed by atoms with Gasteiger partial charge in [-0.25, -0.2) is 0 Å². The maximum Gasteiger partial charge on any atom is 0.229 e. The van der Waals surface area contributed by atoms with Crippen LogP contribution in [0.25, 0.3) is 12.2 Å². The molecule has 0 aliphatic rings. The van der Waals surface area contributed by atoms with Gasteiger partial charge >= 0.3 is 0 Å². The summed E-state index contributed by atoms with van der Waals surface area (Å²) in [5, 5.41) is 0. The molecule has 2 aromatic rings. The second-order valence-corrected chi connectivity index (χ2v) is 10.7. The summed E-state index contributed by atoms with van der Waals surface area (Å²) in [4.78, 5) is 0. The molecular formula is C24H34O4Si. The third kappa shape index (κ3) is 5.35. The Hall–Kier alpha value is -2.40. The summed E-state index contributed by atoms with van der Waals surface area (Å²) in [7, 11) is 3.58.